The quantitative estimate of drug-likeness (QED) is 0.123. The summed E-state index contributed by atoms with van der Waals surface area (Å²) in [6.45, 7) is 1.98. The van der Waals surface area contributed by atoms with Crippen LogP contribution in [-0.4, -0.2) is 63.4 Å². The second-order valence-corrected chi connectivity index (χ2v) is 10.9. The summed E-state index contributed by atoms with van der Waals surface area (Å²) >= 11 is 0. The van der Waals surface area contributed by atoms with Crippen LogP contribution >= 0.6 is 0 Å². The maximum absolute atomic E-state index is 14.4. The maximum Gasteiger partial charge on any atom is 0.302 e. The first-order valence-electron chi connectivity index (χ1n) is 14.8. The molecule has 10 heteroatoms. The molecule has 0 aliphatic carbocycles. The highest BCUT2D eigenvalue weighted by molar-refractivity contribution is 6.39. The van der Waals surface area contributed by atoms with Crippen LogP contribution in [0, 0.1) is 0 Å². The van der Waals surface area contributed by atoms with Gasteiger partial charge in [0.1, 0.15) is 20.1 Å². The molecule has 0 saturated heterocycles. The molecular weight excluding hydrogens is 574 g/mol. The zero-order valence-corrected chi connectivity index (χ0v) is 24.7. The van der Waals surface area contributed by atoms with Crippen molar-refractivity contribution in [1.82, 2.24) is 14.0 Å². The summed E-state index contributed by atoms with van der Waals surface area (Å²) in [5.41, 5.74) is 4.69. The zero-order chi connectivity index (χ0) is 31.1. The number of hydrogen-bond donors (Lipinski definition) is 1. The lowest BCUT2D eigenvalue weighted by molar-refractivity contribution is -0.142. The average Bonchev–Trinajstić information content (AvgIpc) is 3.63. The Kier molecular flexibility index (Phi) is 7.54. The number of aliphatic hydroxyl groups excluding tert-OH is 1. The Morgan fingerprint density at radius 3 is 1.73 bits per heavy atom. The van der Waals surface area contributed by atoms with E-state index in [1.165, 1.54) is 11.8 Å². The number of para-hydroxylation sites is 2. The minimum absolute atomic E-state index is 0.105. The molecule has 2 aromatic heterocycles. The van der Waals surface area contributed by atoms with Crippen LogP contribution in [0.5, 0.6) is 0 Å². The van der Waals surface area contributed by atoms with E-state index in [9.17, 15) is 19.5 Å². The molecular formula is C35H31N3O7. The Hall–Kier alpha value is -5.03. The number of nitrogens with zero attached hydrogens (tertiary/aromatic N) is 3. The van der Waals surface area contributed by atoms with Gasteiger partial charge < -0.3 is 28.5 Å². The second-order valence-electron chi connectivity index (χ2n) is 10.9. The van der Waals surface area contributed by atoms with Crippen molar-refractivity contribution in [3.63, 3.8) is 0 Å². The van der Waals surface area contributed by atoms with E-state index in [4.69, 9.17) is 14.2 Å². The number of rotatable bonds is 11. The lowest BCUT2D eigenvalue weighted by atomic mass is 9.96. The maximum atomic E-state index is 14.4. The highest BCUT2D eigenvalue weighted by atomic mass is 16.6. The highest BCUT2D eigenvalue weighted by Crippen LogP contribution is 2.46. The second kappa shape index (κ2) is 11.8. The molecule has 0 radical (unpaired) electrons. The Morgan fingerprint density at radius 1 is 0.689 bits per heavy atom. The first kappa shape index (κ1) is 28.7. The van der Waals surface area contributed by atoms with Gasteiger partial charge in [-0.2, -0.15) is 0 Å². The summed E-state index contributed by atoms with van der Waals surface area (Å²) in [5, 5.41) is 12.4. The SMILES string of the molecule is CC(=O)OCCOCn1c2ccccc2c2c3c(c4c5ccccc5n(COCCO)c4c21)C(=O)N(Cc1ccccc1)C3=O. The van der Waals surface area contributed by atoms with Crippen molar-refractivity contribution in [3.8, 4) is 0 Å². The summed E-state index contributed by atoms with van der Waals surface area (Å²) in [7, 11) is 0. The van der Waals surface area contributed by atoms with Gasteiger partial charge in [0, 0.05) is 28.5 Å². The first-order valence-corrected chi connectivity index (χ1v) is 14.8. The Balaban J connectivity index is 1.54. The van der Waals surface area contributed by atoms with Gasteiger partial charge in [-0.05, 0) is 17.7 Å². The van der Waals surface area contributed by atoms with E-state index in [1.807, 2.05) is 88.0 Å². The molecule has 228 valence electrons. The van der Waals surface area contributed by atoms with E-state index >= 15 is 0 Å². The predicted molar refractivity (Wildman–Crippen MR) is 169 cm³/mol. The summed E-state index contributed by atoms with van der Waals surface area (Å²) < 4.78 is 21.0. The molecule has 1 aliphatic heterocycles. The van der Waals surface area contributed by atoms with Gasteiger partial charge in [0.2, 0.25) is 0 Å². The molecule has 4 aromatic carbocycles. The molecule has 6 aromatic rings. The van der Waals surface area contributed by atoms with Crippen molar-refractivity contribution in [3.05, 3.63) is 95.6 Å². The number of aliphatic hydroxyl groups is 1. The number of carbonyl (C=O) groups excluding carboxylic acids is 3. The predicted octanol–water partition coefficient (Wildman–Crippen LogP) is 5.20. The smallest absolute Gasteiger partial charge is 0.302 e. The fourth-order valence-corrected chi connectivity index (χ4v) is 6.44. The number of imide groups is 1. The van der Waals surface area contributed by atoms with Gasteiger partial charge in [0.25, 0.3) is 11.8 Å². The number of esters is 1. The van der Waals surface area contributed by atoms with E-state index < -0.39 is 0 Å². The Labute approximate surface area is 257 Å². The van der Waals surface area contributed by atoms with Crippen LogP contribution in [0.15, 0.2) is 78.9 Å². The topological polar surface area (TPSA) is 112 Å². The van der Waals surface area contributed by atoms with Crippen molar-refractivity contribution in [2.24, 2.45) is 0 Å². The van der Waals surface area contributed by atoms with Crippen LogP contribution in [0.4, 0.5) is 0 Å². The van der Waals surface area contributed by atoms with Crippen molar-refractivity contribution < 1.29 is 33.7 Å². The third kappa shape index (κ3) is 4.74. The third-order valence-electron chi connectivity index (χ3n) is 8.23. The molecule has 7 rings (SSSR count). The molecule has 0 fully saturated rings. The number of amides is 2. The fraction of sp³-hybridized carbons (Fsp3) is 0.229. The number of benzene rings is 4. The molecule has 0 unspecified atom stereocenters. The molecule has 0 spiro atoms. The van der Waals surface area contributed by atoms with Crippen LogP contribution in [-0.2, 0) is 39.0 Å². The van der Waals surface area contributed by atoms with Crippen LogP contribution in [0.25, 0.3) is 43.6 Å². The Morgan fingerprint density at radius 2 is 1.20 bits per heavy atom. The standard InChI is InChI=1S/C35H31N3O7/c1-22(40)45-18-17-44-21-38-27-14-8-6-12-25(27)29-31-30(34(41)36(35(31)42)19-23-9-3-2-4-10-23)28-24-11-5-7-13-26(24)37(20-43-16-15-39)32(28)33(29)38/h2-14,39H,15-21H2,1H3. The molecule has 0 bridgehead atoms. The number of fused-ring (bicyclic) bond motifs is 10. The average molecular weight is 606 g/mol. The van der Waals surface area contributed by atoms with Crippen LogP contribution in [0.1, 0.15) is 33.2 Å². The van der Waals surface area contributed by atoms with Gasteiger partial charge in [0.05, 0.1) is 59.6 Å². The fourth-order valence-electron chi connectivity index (χ4n) is 6.44. The van der Waals surface area contributed by atoms with Crippen molar-refractivity contribution in [1.29, 1.82) is 0 Å². The zero-order valence-electron chi connectivity index (χ0n) is 24.7. The normalized spacial score (nSPS) is 13.2. The number of hydrogen-bond acceptors (Lipinski definition) is 7. The largest absolute Gasteiger partial charge is 0.463 e. The molecule has 45 heavy (non-hydrogen) atoms. The molecule has 10 nitrogen and oxygen atoms in total. The van der Waals surface area contributed by atoms with Gasteiger partial charge in [-0.25, -0.2) is 0 Å². The van der Waals surface area contributed by atoms with Crippen molar-refractivity contribution >= 4 is 61.4 Å². The van der Waals surface area contributed by atoms with Gasteiger partial charge in [0.15, 0.2) is 0 Å². The molecule has 1 N–H and O–H groups in total. The molecule has 2 amide bonds. The lowest BCUT2D eigenvalue weighted by Gasteiger charge is -2.13. The molecule has 0 saturated carbocycles. The highest BCUT2D eigenvalue weighted by Gasteiger charge is 2.42. The van der Waals surface area contributed by atoms with Crippen LogP contribution in [0.2, 0.25) is 0 Å². The summed E-state index contributed by atoms with van der Waals surface area (Å²) in [6.07, 6.45) is 0. The van der Waals surface area contributed by atoms with Gasteiger partial charge in [-0.15, -0.1) is 0 Å². The minimum Gasteiger partial charge on any atom is -0.463 e. The number of carbonyl (C=O) groups is 3. The monoisotopic (exact) mass is 605 g/mol. The summed E-state index contributed by atoms with van der Waals surface area (Å²) in [5.74, 6) is -1.08. The van der Waals surface area contributed by atoms with Crippen molar-refractivity contribution in [2.45, 2.75) is 26.9 Å². The number of aromatic nitrogens is 2. The van der Waals surface area contributed by atoms with Gasteiger partial charge in [-0.3, -0.25) is 19.3 Å². The minimum atomic E-state index is -0.386. The molecule has 1 aliphatic rings. The van der Waals surface area contributed by atoms with E-state index in [-0.39, 0.29) is 64.2 Å². The van der Waals surface area contributed by atoms with E-state index in [2.05, 4.69) is 0 Å². The number of ether oxygens (including phenoxy) is 3. The van der Waals surface area contributed by atoms with E-state index in [0.717, 1.165) is 38.4 Å². The van der Waals surface area contributed by atoms with Crippen LogP contribution in [0.3, 0.4) is 0 Å². The van der Waals surface area contributed by atoms with E-state index in [0.29, 0.717) is 21.9 Å². The Bertz CT molecular complexity index is 2110. The van der Waals surface area contributed by atoms with Crippen LogP contribution < -0.4 is 0 Å². The third-order valence-corrected chi connectivity index (χ3v) is 8.23. The van der Waals surface area contributed by atoms with Gasteiger partial charge >= 0.3 is 5.97 Å². The molecule has 3 heterocycles. The van der Waals surface area contributed by atoms with E-state index in [1.54, 1.807) is 0 Å². The van der Waals surface area contributed by atoms with Crippen molar-refractivity contribution in [2.75, 3.05) is 26.4 Å². The first-order chi connectivity index (χ1) is 22.0. The summed E-state index contributed by atoms with van der Waals surface area (Å²) in [4.78, 5) is 41.4. The lowest BCUT2D eigenvalue weighted by Crippen LogP contribution is -2.29. The molecule has 0 atom stereocenters. The summed E-state index contributed by atoms with van der Waals surface area (Å²) in [6, 6.07) is 25.0. The van der Waals surface area contributed by atoms with Gasteiger partial charge in [-0.1, -0.05) is 66.7 Å².